The zero-order valence-corrected chi connectivity index (χ0v) is 13.8. The van der Waals surface area contributed by atoms with Crippen LogP contribution in [0.3, 0.4) is 0 Å². The minimum Gasteiger partial charge on any atom is -0.302 e. The number of aldehydes is 1. The van der Waals surface area contributed by atoms with Gasteiger partial charge in [0.1, 0.15) is 6.29 Å². The molecular weight excluding hydrogens is 304 g/mol. The van der Waals surface area contributed by atoms with Gasteiger partial charge in [0.25, 0.3) is 0 Å². The van der Waals surface area contributed by atoms with Crippen molar-refractivity contribution in [2.24, 2.45) is 5.92 Å². The Hall–Kier alpha value is -2.13. The summed E-state index contributed by atoms with van der Waals surface area (Å²) in [4.78, 5) is 24.1. The largest absolute Gasteiger partial charge is 0.302 e. The number of carbonyl (C=O) groups is 2. The number of allylic oxidation sites excluding steroid dienone is 4. The lowest BCUT2D eigenvalue weighted by Crippen LogP contribution is -2.30. The van der Waals surface area contributed by atoms with Crippen molar-refractivity contribution >= 4 is 29.9 Å². The van der Waals surface area contributed by atoms with Gasteiger partial charge in [-0.2, -0.15) is 0 Å². The van der Waals surface area contributed by atoms with Crippen LogP contribution in [0.25, 0.3) is 6.08 Å². The van der Waals surface area contributed by atoms with E-state index in [-0.39, 0.29) is 17.0 Å². The first-order valence-electron chi connectivity index (χ1n) is 7.46. The Kier molecular flexibility index (Phi) is 5.94. The van der Waals surface area contributed by atoms with E-state index in [1.54, 1.807) is 18.2 Å². The van der Waals surface area contributed by atoms with Gasteiger partial charge in [-0.1, -0.05) is 61.7 Å². The lowest BCUT2D eigenvalue weighted by Gasteiger charge is -2.29. The van der Waals surface area contributed by atoms with Crippen LogP contribution in [-0.2, 0) is 9.59 Å². The Morgan fingerprint density at radius 1 is 1.17 bits per heavy atom. The number of rotatable bonds is 7. The van der Waals surface area contributed by atoms with Crippen molar-refractivity contribution in [2.75, 3.05) is 0 Å². The zero-order valence-electron chi connectivity index (χ0n) is 13.0. The minimum absolute atomic E-state index is 0.114. The summed E-state index contributed by atoms with van der Waals surface area (Å²) < 4.78 is 0. The van der Waals surface area contributed by atoms with Crippen LogP contribution in [0.1, 0.15) is 22.8 Å². The predicted octanol–water partition coefficient (Wildman–Crippen LogP) is 4.56. The third kappa shape index (κ3) is 3.62. The molecule has 23 heavy (non-hydrogen) atoms. The van der Waals surface area contributed by atoms with E-state index in [0.29, 0.717) is 6.42 Å². The van der Waals surface area contributed by atoms with Gasteiger partial charge in [0.15, 0.2) is 5.78 Å². The minimum atomic E-state index is -0.412. The van der Waals surface area contributed by atoms with Gasteiger partial charge in [0.2, 0.25) is 0 Å². The molecule has 2 rings (SSSR count). The molecule has 0 aromatic heterocycles. The molecule has 0 radical (unpaired) electrons. The van der Waals surface area contributed by atoms with Crippen LogP contribution in [-0.4, -0.2) is 17.3 Å². The number of thioether (sulfide) groups is 1. The molecule has 1 aromatic rings. The van der Waals surface area contributed by atoms with E-state index < -0.39 is 5.25 Å². The number of hydrogen-bond donors (Lipinski definition) is 0. The SMILES string of the molecule is C=CC1=CCC(=O)C(SC(C=O)c2ccccc2C=C)C1C=C. The van der Waals surface area contributed by atoms with E-state index >= 15 is 0 Å². The Morgan fingerprint density at radius 2 is 1.91 bits per heavy atom. The number of benzene rings is 1. The molecule has 1 aliphatic carbocycles. The Bertz CT molecular complexity index is 672. The standard InChI is InChI=1S/C20H20O2S/c1-4-14-9-7-8-10-17(14)19(13-21)23-20-16(6-3)15(5-2)11-12-18(20)22/h4-11,13,16,19-20H,1-3,12H2. The topological polar surface area (TPSA) is 34.1 Å². The number of hydrogen-bond acceptors (Lipinski definition) is 3. The highest BCUT2D eigenvalue weighted by Gasteiger charge is 2.34. The maximum Gasteiger partial charge on any atom is 0.150 e. The molecule has 3 heteroatoms. The second-order valence-corrected chi connectivity index (χ2v) is 6.57. The first-order chi connectivity index (χ1) is 11.2. The summed E-state index contributed by atoms with van der Waals surface area (Å²) in [5, 5.41) is -0.733. The fraction of sp³-hybridized carbons (Fsp3) is 0.200. The van der Waals surface area contributed by atoms with Crippen molar-refractivity contribution < 1.29 is 9.59 Å². The summed E-state index contributed by atoms with van der Waals surface area (Å²) >= 11 is 1.38. The molecule has 0 amide bonds. The van der Waals surface area contributed by atoms with Gasteiger partial charge >= 0.3 is 0 Å². The van der Waals surface area contributed by atoms with Crippen molar-refractivity contribution in [3.8, 4) is 0 Å². The van der Waals surface area contributed by atoms with E-state index in [1.807, 2.05) is 30.3 Å². The second-order valence-electron chi connectivity index (χ2n) is 5.29. The van der Waals surface area contributed by atoms with E-state index in [1.165, 1.54) is 11.8 Å². The van der Waals surface area contributed by atoms with Gasteiger partial charge in [0, 0.05) is 12.3 Å². The van der Waals surface area contributed by atoms with Gasteiger partial charge in [0.05, 0.1) is 10.5 Å². The fourth-order valence-corrected chi connectivity index (χ4v) is 4.20. The van der Waals surface area contributed by atoms with E-state index in [0.717, 1.165) is 23.0 Å². The summed E-state index contributed by atoms with van der Waals surface area (Å²) in [5.41, 5.74) is 2.79. The summed E-state index contributed by atoms with van der Waals surface area (Å²) in [5.74, 6) is 0.00512. The molecule has 0 N–H and O–H groups in total. The predicted molar refractivity (Wildman–Crippen MR) is 98.3 cm³/mol. The molecule has 0 heterocycles. The van der Waals surface area contributed by atoms with Crippen LogP contribution in [0.15, 0.2) is 67.8 Å². The molecule has 0 saturated heterocycles. The van der Waals surface area contributed by atoms with Crippen LogP contribution in [0.2, 0.25) is 0 Å². The van der Waals surface area contributed by atoms with Crippen LogP contribution in [0, 0.1) is 5.92 Å². The van der Waals surface area contributed by atoms with Gasteiger partial charge in [-0.15, -0.1) is 18.3 Å². The monoisotopic (exact) mass is 324 g/mol. The Balaban J connectivity index is 2.33. The highest BCUT2D eigenvalue weighted by atomic mass is 32.2. The fourth-order valence-electron chi connectivity index (χ4n) is 2.78. The normalized spacial score (nSPS) is 21.9. The molecule has 118 valence electrons. The number of Topliss-reactive ketones (excluding diaryl/α,β-unsaturated/α-hetero) is 1. The van der Waals surface area contributed by atoms with Crippen molar-refractivity contribution in [3.05, 3.63) is 78.9 Å². The highest BCUT2D eigenvalue weighted by molar-refractivity contribution is 8.01. The molecule has 1 aromatic carbocycles. The molecule has 0 spiro atoms. The zero-order chi connectivity index (χ0) is 16.8. The van der Waals surface area contributed by atoms with E-state index in [9.17, 15) is 9.59 Å². The van der Waals surface area contributed by atoms with Crippen LogP contribution >= 0.6 is 11.8 Å². The third-order valence-electron chi connectivity index (χ3n) is 4.00. The van der Waals surface area contributed by atoms with Crippen molar-refractivity contribution in [1.82, 2.24) is 0 Å². The van der Waals surface area contributed by atoms with Gasteiger partial charge in [-0.25, -0.2) is 0 Å². The quantitative estimate of drug-likeness (QED) is 0.545. The summed E-state index contributed by atoms with van der Waals surface area (Å²) in [6.07, 6.45) is 8.43. The summed E-state index contributed by atoms with van der Waals surface area (Å²) in [7, 11) is 0. The Labute approximate surface area is 141 Å². The molecule has 2 nitrogen and oxygen atoms in total. The molecule has 0 fully saturated rings. The molecule has 3 atom stereocenters. The average Bonchev–Trinajstić information content (AvgIpc) is 2.60. The highest BCUT2D eigenvalue weighted by Crippen LogP contribution is 2.41. The van der Waals surface area contributed by atoms with Crippen molar-refractivity contribution in [2.45, 2.75) is 16.9 Å². The maximum absolute atomic E-state index is 12.4. The Morgan fingerprint density at radius 3 is 2.52 bits per heavy atom. The first-order valence-corrected chi connectivity index (χ1v) is 8.40. The maximum atomic E-state index is 12.4. The van der Waals surface area contributed by atoms with E-state index in [4.69, 9.17) is 0 Å². The molecule has 1 aliphatic rings. The van der Waals surface area contributed by atoms with E-state index in [2.05, 4.69) is 19.7 Å². The second kappa shape index (κ2) is 7.93. The average molecular weight is 324 g/mol. The first kappa shape index (κ1) is 17.2. The van der Waals surface area contributed by atoms with Gasteiger partial charge < -0.3 is 4.79 Å². The van der Waals surface area contributed by atoms with Gasteiger partial charge in [-0.05, 0) is 16.7 Å². The third-order valence-corrected chi connectivity index (χ3v) is 5.50. The number of ketones is 1. The molecule has 0 bridgehead atoms. The lowest BCUT2D eigenvalue weighted by atomic mass is 9.86. The lowest BCUT2D eigenvalue weighted by molar-refractivity contribution is -0.118. The van der Waals surface area contributed by atoms with Crippen LogP contribution in [0.4, 0.5) is 0 Å². The molecular formula is C20H20O2S. The van der Waals surface area contributed by atoms with Crippen molar-refractivity contribution in [3.63, 3.8) is 0 Å². The van der Waals surface area contributed by atoms with Crippen LogP contribution < -0.4 is 0 Å². The summed E-state index contributed by atoms with van der Waals surface area (Å²) in [6, 6.07) is 7.62. The summed E-state index contributed by atoms with van der Waals surface area (Å²) in [6.45, 7) is 11.5. The van der Waals surface area contributed by atoms with Crippen LogP contribution in [0.5, 0.6) is 0 Å². The number of carbonyl (C=O) groups excluding carboxylic acids is 2. The molecule has 3 unspecified atom stereocenters. The van der Waals surface area contributed by atoms with Crippen molar-refractivity contribution in [1.29, 1.82) is 0 Å². The molecule has 0 aliphatic heterocycles. The van der Waals surface area contributed by atoms with Gasteiger partial charge in [-0.3, -0.25) is 4.79 Å². The molecule has 0 saturated carbocycles. The smallest absolute Gasteiger partial charge is 0.150 e.